The molecule has 0 spiro atoms. The second kappa shape index (κ2) is 6.85. The molecular weight excluding hydrogens is 232 g/mol. The summed E-state index contributed by atoms with van der Waals surface area (Å²) in [5, 5.41) is 16.5. The first-order valence-electron chi connectivity index (χ1n) is 5.77. The van der Waals surface area contributed by atoms with Crippen LogP contribution >= 0.6 is 0 Å². The molecule has 0 aliphatic carbocycles. The van der Waals surface area contributed by atoms with Gasteiger partial charge in [-0.05, 0) is 5.56 Å². The molecular formula is C12H16N4O2. The maximum atomic E-state index is 8.74. The zero-order chi connectivity index (χ0) is 12.6. The van der Waals surface area contributed by atoms with Crippen LogP contribution in [0.3, 0.4) is 0 Å². The summed E-state index contributed by atoms with van der Waals surface area (Å²) in [6.07, 6.45) is 1.77. The van der Waals surface area contributed by atoms with Crippen molar-refractivity contribution in [1.29, 1.82) is 0 Å². The summed E-state index contributed by atoms with van der Waals surface area (Å²) in [6, 6.07) is 9.91. The monoisotopic (exact) mass is 248 g/mol. The van der Waals surface area contributed by atoms with E-state index in [1.54, 1.807) is 10.9 Å². The minimum absolute atomic E-state index is 0.0563. The molecule has 0 amide bonds. The number of hydrogen-bond donors (Lipinski definition) is 2. The summed E-state index contributed by atoms with van der Waals surface area (Å²) >= 11 is 0. The molecule has 0 aliphatic heterocycles. The summed E-state index contributed by atoms with van der Waals surface area (Å²) < 4.78 is 1.59. The second-order valence-electron chi connectivity index (χ2n) is 3.79. The van der Waals surface area contributed by atoms with Crippen molar-refractivity contribution in [2.24, 2.45) is 0 Å². The third kappa shape index (κ3) is 3.92. The number of hydrogen-bond acceptors (Lipinski definition) is 5. The van der Waals surface area contributed by atoms with Gasteiger partial charge in [0.05, 0.1) is 32.0 Å². The zero-order valence-electron chi connectivity index (χ0n) is 9.99. The van der Waals surface area contributed by atoms with Gasteiger partial charge < -0.3 is 5.11 Å². The van der Waals surface area contributed by atoms with Crippen LogP contribution in [0.15, 0.2) is 36.5 Å². The molecule has 0 saturated carbocycles. The predicted molar refractivity (Wildman–Crippen MR) is 65.2 cm³/mol. The van der Waals surface area contributed by atoms with E-state index in [0.717, 1.165) is 11.3 Å². The molecule has 2 aromatic rings. The van der Waals surface area contributed by atoms with Crippen LogP contribution in [0.2, 0.25) is 0 Å². The Balaban J connectivity index is 1.68. The Morgan fingerprint density at radius 2 is 2.11 bits per heavy atom. The molecule has 0 saturated heterocycles. The van der Waals surface area contributed by atoms with Crippen LogP contribution in [0.1, 0.15) is 11.3 Å². The first-order chi connectivity index (χ1) is 8.88. The lowest BCUT2D eigenvalue weighted by Crippen LogP contribution is -2.14. The summed E-state index contributed by atoms with van der Waals surface area (Å²) in [5.74, 6) is 0. The van der Waals surface area contributed by atoms with Crippen LogP contribution in [0.4, 0.5) is 0 Å². The third-order valence-corrected chi connectivity index (χ3v) is 2.35. The fraction of sp³-hybridized carbons (Fsp3) is 0.333. The molecule has 0 bridgehead atoms. The van der Waals surface area contributed by atoms with Gasteiger partial charge in [0.15, 0.2) is 0 Å². The van der Waals surface area contributed by atoms with Crippen LogP contribution < -0.4 is 5.48 Å². The molecule has 1 aromatic carbocycles. The molecule has 2 N–H and O–H groups in total. The zero-order valence-corrected chi connectivity index (χ0v) is 9.99. The number of hydroxylamine groups is 1. The highest BCUT2D eigenvalue weighted by atomic mass is 16.6. The smallest absolute Gasteiger partial charge is 0.0988 e. The molecule has 2 rings (SSSR count). The van der Waals surface area contributed by atoms with Crippen molar-refractivity contribution in [2.75, 3.05) is 6.61 Å². The molecule has 1 heterocycles. The first-order valence-corrected chi connectivity index (χ1v) is 5.77. The van der Waals surface area contributed by atoms with E-state index in [9.17, 15) is 0 Å². The largest absolute Gasteiger partial charge is 0.394 e. The number of rotatable bonds is 7. The van der Waals surface area contributed by atoms with Crippen molar-refractivity contribution in [3.05, 3.63) is 47.8 Å². The Bertz CT molecular complexity index is 458. The van der Waals surface area contributed by atoms with Gasteiger partial charge in [-0.15, -0.1) is 5.10 Å². The van der Waals surface area contributed by atoms with Crippen molar-refractivity contribution in [3.63, 3.8) is 0 Å². The number of nitrogens with one attached hydrogen (secondary N) is 1. The lowest BCUT2D eigenvalue weighted by molar-refractivity contribution is 0.0228. The lowest BCUT2D eigenvalue weighted by atomic mass is 10.2. The van der Waals surface area contributed by atoms with E-state index < -0.39 is 0 Å². The molecule has 18 heavy (non-hydrogen) atoms. The van der Waals surface area contributed by atoms with Crippen molar-refractivity contribution < 1.29 is 9.94 Å². The summed E-state index contributed by atoms with van der Waals surface area (Å²) in [6.45, 7) is 1.50. The highest BCUT2D eigenvalue weighted by Crippen LogP contribution is 1.99. The minimum atomic E-state index is 0.0563. The van der Waals surface area contributed by atoms with Crippen molar-refractivity contribution in [2.45, 2.75) is 19.7 Å². The summed E-state index contributed by atoms with van der Waals surface area (Å²) in [7, 11) is 0. The molecule has 0 fully saturated rings. The van der Waals surface area contributed by atoms with Gasteiger partial charge in [-0.3, -0.25) is 4.84 Å². The average molecular weight is 248 g/mol. The SMILES string of the molecule is OCCn1cc(CNOCc2ccccc2)nn1. The molecule has 6 nitrogen and oxygen atoms in total. The Labute approximate surface area is 105 Å². The van der Waals surface area contributed by atoms with Gasteiger partial charge >= 0.3 is 0 Å². The van der Waals surface area contributed by atoms with Gasteiger partial charge in [0.2, 0.25) is 0 Å². The Kier molecular flexibility index (Phi) is 4.83. The van der Waals surface area contributed by atoms with Gasteiger partial charge in [0.25, 0.3) is 0 Å². The van der Waals surface area contributed by atoms with E-state index in [-0.39, 0.29) is 6.61 Å². The molecule has 0 unspecified atom stereocenters. The maximum Gasteiger partial charge on any atom is 0.0988 e. The summed E-state index contributed by atoms with van der Waals surface area (Å²) in [5.41, 5.74) is 4.71. The number of aliphatic hydroxyl groups excluding tert-OH is 1. The number of aliphatic hydroxyl groups is 1. The normalized spacial score (nSPS) is 10.7. The predicted octanol–water partition coefficient (Wildman–Crippen LogP) is 0.492. The third-order valence-electron chi connectivity index (χ3n) is 2.35. The lowest BCUT2D eigenvalue weighted by Gasteiger charge is -2.03. The quantitative estimate of drug-likeness (QED) is 0.551. The molecule has 0 aliphatic rings. The molecule has 0 atom stereocenters. The topological polar surface area (TPSA) is 72.2 Å². The Hall–Kier alpha value is -1.76. The second-order valence-corrected chi connectivity index (χ2v) is 3.79. The Morgan fingerprint density at radius 3 is 2.89 bits per heavy atom. The van der Waals surface area contributed by atoms with Gasteiger partial charge in [-0.1, -0.05) is 35.5 Å². The van der Waals surface area contributed by atoms with Crippen LogP contribution in [0, 0.1) is 0 Å². The summed E-state index contributed by atoms with van der Waals surface area (Å²) in [4.78, 5) is 5.32. The molecule has 1 aromatic heterocycles. The van der Waals surface area contributed by atoms with E-state index in [2.05, 4.69) is 15.8 Å². The van der Waals surface area contributed by atoms with E-state index in [1.807, 2.05) is 30.3 Å². The fourth-order valence-corrected chi connectivity index (χ4v) is 1.46. The van der Waals surface area contributed by atoms with Crippen molar-refractivity contribution in [1.82, 2.24) is 20.5 Å². The van der Waals surface area contributed by atoms with E-state index in [1.165, 1.54) is 0 Å². The average Bonchev–Trinajstić information content (AvgIpc) is 2.84. The first kappa shape index (κ1) is 12.7. The molecule has 0 radical (unpaired) electrons. The van der Waals surface area contributed by atoms with Gasteiger partial charge in [-0.25, -0.2) is 4.68 Å². The van der Waals surface area contributed by atoms with E-state index in [0.29, 0.717) is 19.7 Å². The maximum absolute atomic E-state index is 8.74. The number of aromatic nitrogens is 3. The van der Waals surface area contributed by atoms with Crippen LogP contribution in [-0.4, -0.2) is 26.7 Å². The van der Waals surface area contributed by atoms with E-state index in [4.69, 9.17) is 9.94 Å². The van der Waals surface area contributed by atoms with Gasteiger partial charge in [0.1, 0.15) is 0 Å². The number of benzene rings is 1. The Morgan fingerprint density at radius 1 is 1.28 bits per heavy atom. The standard InChI is InChI=1S/C12H16N4O2/c17-7-6-16-9-12(14-15-16)8-13-18-10-11-4-2-1-3-5-11/h1-5,9,13,17H,6-8,10H2. The van der Waals surface area contributed by atoms with Crippen molar-refractivity contribution in [3.8, 4) is 0 Å². The van der Waals surface area contributed by atoms with Gasteiger partial charge in [0, 0.05) is 6.20 Å². The van der Waals surface area contributed by atoms with Gasteiger partial charge in [-0.2, -0.15) is 5.48 Å². The van der Waals surface area contributed by atoms with Crippen LogP contribution in [-0.2, 0) is 24.5 Å². The highest BCUT2D eigenvalue weighted by molar-refractivity contribution is 5.13. The van der Waals surface area contributed by atoms with E-state index >= 15 is 0 Å². The minimum Gasteiger partial charge on any atom is -0.394 e. The van der Waals surface area contributed by atoms with Crippen molar-refractivity contribution >= 4 is 0 Å². The molecule has 6 heteroatoms. The van der Waals surface area contributed by atoms with Crippen LogP contribution in [0.5, 0.6) is 0 Å². The molecule has 96 valence electrons. The highest BCUT2D eigenvalue weighted by Gasteiger charge is 1.99. The fourth-order valence-electron chi connectivity index (χ4n) is 1.46. The number of nitrogens with zero attached hydrogens (tertiary/aromatic N) is 3. The van der Waals surface area contributed by atoms with Crippen LogP contribution in [0.25, 0.3) is 0 Å².